The molecule has 0 saturated carbocycles. The van der Waals surface area contributed by atoms with E-state index in [-0.39, 0.29) is 6.03 Å². The molecule has 0 aliphatic heterocycles. The van der Waals surface area contributed by atoms with E-state index in [0.717, 1.165) is 0 Å². The number of nitrogens with one attached hydrogen (secondary N) is 1. The lowest BCUT2D eigenvalue weighted by atomic mass is 10.7. The Hall–Kier alpha value is -0.730. The second-order valence-electron chi connectivity index (χ2n) is 1.63. The molecule has 8 heavy (non-hydrogen) atoms. The first kappa shape index (κ1) is 7.27. The molecule has 1 radical (unpaired) electrons. The van der Waals surface area contributed by atoms with Gasteiger partial charge in [-0.2, -0.15) is 0 Å². The average molecular weight is 115 g/mol. The Morgan fingerprint density at radius 1 is 1.75 bits per heavy atom. The molecule has 0 aromatic carbocycles. The van der Waals surface area contributed by atoms with E-state index in [2.05, 4.69) is 12.2 Å². The highest BCUT2D eigenvalue weighted by molar-refractivity contribution is 5.73. The first-order valence-corrected chi connectivity index (χ1v) is 2.43. The van der Waals surface area contributed by atoms with E-state index in [9.17, 15) is 4.79 Å². The minimum Gasteiger partial charge on any atom is -0.338 e. The van der Waals surface area contributed by atoms with Crippen LogP contribution in [0.3, 0.4) is 0 Å². The molecule has 47 valence electrons. The monoisotopic (exact) mass is 115 g/mol. The zero-order chi connectivity index (χ0) is 6.57. The van der Waals surface area contributed by atoms with E-state index in [1.807, 2.05) is 0 Å². The molecule has 0 aliphatic carbocycles. The van der Waals surface area contributed by atoms with E-state index < -0.39 is 0 Å². The van der Waals surface area contributed by atoms with Crippen molar-refractivity contribution in [2.24, 2.45) is 0 Å². The topological polar surface area (TPSA) is 32.3 Å². The number of nitrogens with zero attached hydrogens (tertiary/aromatic N) is 1. The van der Waals surface area contributed by atoms with E-state index in [1.54, 1.807) is 14.1 Å². The predicted molar refractivity (Wildman–Crippen MR) is 32.4 cm³/mol. The van der Waals surface area contributed by atoms with Crippen molar-refractivity contribution in [2.75, 3.05) is 20.6 Å². The zero-order valence-electron chi connectivity index (χ0n) is 5.27. The number of urea groups is 1. The largest absolute Gasteiger partial charge is 0.338 e. The van der Waals surface area contributed by atoms with Gasteiger partial charge < -0.3 is 10.2 Å². The van der Waals surface area contributed by atoms with E-state index in [4.69, 9.17) is 0 Å². The Labute approximate surface area is 49.7 Å². The summed E-state index contributed by atoms with van der Waals surface area (Å²) < 4.78 is 0. The van der Waals surface area contributed by atoms with Crippen LogP contribution < -0.4 is 5.32 Å². The van der Waals surface area contributed by atoms with Crippen molar-refractivity contribution in [3.8, 4) is 0 Å². The SMILES string of the molecule is [CH2]CNC(=O)N(C)C. The van der Waals surface area contributed by atoms with Crippen LogP contribution >= 0.6 is 0 Å². The van der Waals surface area contributed by atoms with E-state index in [0.29, 0.717) is 6.54 Å². The number of rotatable bonds is 1. The summed E-state index contributed by atoms with van der Waals surface area (Å²) in [4.78, 5) is 12.0. The molecule has 0 saturated heterocycles. The number of hydrogen-bond donors (Lipinski definition) is 1. The van der Waals surface area contributed by atoms with E-state index in [1.165, 1.54) is 4.90 Å². The summed E-state index contributed by atoms with van der Waals surface area (Å²) in [5.74, 6) is 0. The van der Waals surface area contributed by atoms with Gasteiger partial charge in [0.2, 0.25) is 0 Å². The highest BCUT2D eigenvalue weighted by atomic mass is 16.2. The maximum absolute atomic E-state index is 10.5. The Morgan fingerprint density at radius 2 is 2.25 bits per heavy atom. The van der Waals surface area contributed by atoms with Crippen LogP contribution in [0.4, 0.5) is 4.79 Å². The van der Waals surface area contributed by atoms with Gasteiger partial charge in [0.15, 0.2) is 0 Å². The smallest absolute Gasteiger partial charge is 0.316 e. The van der Waals surface area contributed by atoms with Crippen LogP contribution in [0.25, 0.3) is 0 Å². The van der Waals surface area contributed by atoms with Gasteiger partial charge in [0.05, 0.1) is 0 Å². The highest BCUT2D eigenvalue weighted by Gasteiger charge is 1.96. The molecule has 0 heterocycles. The lowest BCUT2D eigenvalue weighted by Crippen LogP contribution is -2.34. The van der Waals surface area contributed by atoms with Gasteiger partial charge in [-0.25, -0.2) is 4.79 Å². The molecule has 0 bridgehead atoms. The van der Waals surface area contributed by atoms with Crippen LogP contribution in [0.1, 0.15) is 0 Å². The molecule has 0 atom stereocenters. The van der Waals surface area contributed by atoms with Crippen LogP contribution in [-0.4, -0.2) is 31.6 Å². The third-order valence-corrected chi connectivity index (χ3v) is 0.682. The number of hydrogen-bond acceptors (Lipinski definition) is 1. The molecule has 1 N–H and O–H groups in total. The number of amides is 2. The van der Waals surface area contributed by atoms with Crippen LogP contribution in [0.15, 0.2) is 0 Å². The first-order valence-electron chi connectivity index (χ1n) is 2.43. The van der Waals surface area contributed by atoms with Crippen molar-refractivity contribution < 1.29 is 4.79 Å². The van der Waals surface area contributed by atoms with Crippen molar-refractivity contribution in [1.29, 1.82) is 0 Å². The molecule has 0 aromatic heterocycles. The Bertz CT molecular complexity index is 80.5. The first-order chi connectivity index (χ1) is 3.68. The van der Waals surface area contributed by atoms with Gasteiger partial charge in [-0.05, 0) is 6.92 Å². The average Bonchev–Trinajstić information content (AvgIpc) is 1.67. The highest BCUT2D eigenvalue weighted by Crippen LogP contribution is 1.73. The fourth-order valence-corrected chi connectivity index (χ4v) is 0.265. The maximum atomic E-state index is 10.5. The van der Waals surface area contributed by atoms with Crippen molar-refractivity contribution in [3.63, 3.8) is 0 Å². The molecular weight excluding hydrogens is 104 g/mol. The van der Waals surface area contributed by atoms with Crippen LogP contribution in [0, 0.1) is 6.92 Å². The van der Waals surface area contributed by atoms with E-state index >= 15 is 0 Å². The van der Waals surface area contributed by atoms with Crippen molar-refractivity contribution >= 4 is 6.03 Å². The summed E-state index contributed by atoms with van der Waals surface area (Å²) in [5.41, 5.74) is 0. The summed E-state index contributed by atoms with van der Waals surface area (Å²) >= 11 is 0. The Balaban J connectivity index is 3.33. The lowest BCUT2D eigenvalue weighted by molar-refractivity contribution is 0.218. The van der Waals surface area contributed by atoms with Gasteiger partial charge in [0.25, 0.3) is 0 Å². The van der Waals surface area contributed by atoms with Gasteiger partial charge in [-0.3, -0.25) is 0 Å². The molecule has 0 unspecified atom stereocenters. The maximum Gasteiger partial charge on any atom is 0.316 e. The molecule has 0 aliphatic rings. The quantitative estimate of drug-likeness (QED) is 0.516. The second-order valence-corrected chi connectivity index (χ2v) is 1.63. The second kappa shape index (κ2) is 3.29. The summed E-state index contributed by atoms with van der Waals surface area (Å²) in [5, 5.41) is 2.52. The minimum absolute atomic E-state index is 0.0972. The Kier molecular flexibility index (Phi) is 2.99. The summed E-state index contributed by atoms with van der Waals surface area (Å²) in [7, 11) is 3.37. The van der Waals surface area contributed by atoms with Gasteiger partial charge in [0.1, 0.15) is 0 Å². The Morgan fingerprint density at radius 3 is 2.38 bits per heavy atom. The third-order valence-electron chi connectivity index (χ3n) is 0.682. The van der Waals surface area contributed by atoms with Gasteiger partial charge in [-0.15, -0.1) is 0 Å². The third kappa shape index (κ3) is 2.44. The van der Waals surface area contributed by atoms with Crippen LogP contribution in [-0.2, 0) is 0 Å². The standard InChI is InChI=1S/C5H11N2O/c1-4-6-5(8)7(2)3/h1,4H2,2-3H3,(H,6,8). The summed E-state index contributed by atoms with van der Waals surface area (Å²) in [6.07, 6.45) is 0. The summed E-state index contributed by atoms with van der Waals surface area (Å²) in [6.45, 7) is 3.89. The fourth-order valence-electron chi connectivity index (χ4n) is 0.265. The minimum atomic E-state index is -0.0972. The molecule has 0 aromatic rings. The van der Waals surface area contributed by atoms with Crippen LogP contribution in [0.2, 0.25) is 0 Å². The lowest BCUT2D eigenvalue weighted by Gasteiger charge is -2.09. The molecule has 3 heteroatoms. The predicted octanol–water partition coefficient (Wildman–Crippen LogP) is 0.0917. The zero-order valence-corrected chi connectivity index (χ0v) is 5.27. The van der Waals surface area contributed by atoms with Gasteiger partial charge >= 0.3 is 6.03 Å². The van der Waals surface area contributed by atoms with Crippen molar-refractivity contribution in [1.82, 2.24) is 10.2 Å². The van der Waals surface area contributed by atoms with Gasteiger partial charge in [-0.1, -0.05) is 0 Å². The number of carbonyl (C=O) groups excluding carboxylic acids is 1. The molecule has 0 spiro atoms. The molecule has 0 fully saturated rings. The fraction of sp³-hybridized carbons (Fsp3) is 0.600. The normalized spacial score (nSPS) is 8.38. The molecule has 3 nitrogen and oxygen atoms in total. The van der Waals surface area contributed by atoms with Crippen molar-refractivity contribution in [3.05, 3.63) is 6.92 Å². The molecule has 2 amide bonds. The molecule has 0 rings (SSSR count). The van der Waals surface area contributed by atoms with Crippen molar-refractivity contribution in [2.45, 2.75) is 0 Å². The van der Waals surface area contributed by atoms with Gasteiger partial charge in [0, 0.05) is 20.6 Å². The van der Waals surface area contributed by atoms with Crippen LogP contribution in [0.5, 0.6) is 0 Å². The molecular formula is C5H11N2O. The number of carbonyl (C=O) groups is 1. The summed E-state index contributed by atoms with van der Waals surface area (Å²) in [6, 6.07) is -0.0972.